The molecule has 1 aliphatic rings. The topological polar surface area (TPSA) is 68.5 Å². The highest BCUT2D eigenvalue weighted by molar-refractivity contribution is 7.13. The maximum atomic E-state index is 13.4. The minimum absolute atomic E-state index is 0.0987. The van der Waals surface area contributed by atoms with Crippen molar-refractivity contribution in [1.29, 1.82) is 0 Å². The molecule has 27 heavy (non-hydrogen) atoms. The molecule has 1 aromatic carbocycles. The minimum atomic E-state index is -0.425. The van der Waals surface area contributed by atoms with E-state index in [0.717, 1.165) is 23.3 Å². The normalized spacial score (nSPS) is 14.9. The Hall–Kier alpha value is -2.51. The third-order valence-corrected chi connectivity index (χ3v) is 5.72. The average molecular weight is 383 g/mol. The second kappa shape index (κ2) is 7.62. The van der Waals surface area contributed by atoms with E-state index in [-0.39, 0.29) is 12.5 Å². The van der Waals surface area contributed by atoms with E-state index in [1.165, 1.54) is 0 Å². The lowest BCUT2D eigenvalue weighted by molar-refractivity contribution is -0.135. The molecule has 1 amide bonds. The Morgan fingerprint density at radius 1 is 1.22 bits per heavy atom. The van der Waals surface area contributed by atoms with Crippen LogP contribution in [0, 0.1) is 0 Å². The van der Waals surface area contributed by atoms with Crippen molar-refractivity contribution in [2.24, 2.45) is 0 Å². The van der Waals surface area contributed by atoms with Gasteiger partial charge < -0.3 is 14.1 Å². The Bertz CT molecular complexity index is 888. The first-order valence-corrected chi connectivity index (χ1v) is 9.81. The number of benzene rings is 1. The molecule has 0 saturated heterocycles. The zero-order valence-electron chi connectivity index (χ0n) is 15.1. The highest BCUT2D eigenvalue weighted by Gasteiger charge is 2.53. The minimum Gasteiger partial charge on any atom is -0.418 e. The highest BCUT2D eigenvalue weighted by Crippen LogP contribution is 2.49. The van der Waals surface area contributed by atoms with Gasteiger partial charge in [-0.15, -0.1) is 21.5 Å². The van der Waals surface area contributed by atoms with Gasteiger partial charge in [-0.1, -0.05) is 36.4 Å². The Morgan fingerprint density at radius 3 is 2.70 bits per heavy atom. The number of thiophene rings is 1. The zero-order valence-corrected chi connectivity index (χ0v) is 15.9. The molecule has 3 aromatic rings. The lowest BCUT2D eigenvalue weighted by atomic mass is 9.94. The van der Waals surface area contributed by atoms with Crippen LogP contribution in [0.5, 0.6) is 0 Å². The van der Waals surface area contributed by atoms with E-state index in [1.54, 1.807) is 23.3 Å². The van der Waals surface area contributed by atoms with Gasteiger partial charge >= 0.3 is 0 Å². The molecule has 140 valence electrons. The summed E-state index contributed by atoms with van der Waals surface area (Å²) in [5.74, 6) is 1.02. The molecule has 0 atom stereocenters. The Morgan fingerprint density at radius 2 is 2.04 bits per heavy atom. The van der Waals surface area contributed by atoms with E-state index < -0.39 is 5.41 Å². The van der Waals surface area contributed by atoms with Crippen LogP contribution in [0.15, 0.2) is 52.3 Å². The summed E-state index contributed by atoms with van der Waals surface area (Å²) in [6.45, 7) is 1.23. The van der Waals surface area contributed by atoms with Gasteiger partial charge in [0.25, 0.3) is 5.89 Å². The van der Waals surface area contributed by atoms with Gasteiger partial charge in [0.2, 0.25) is 11.8 Å². The molecule has 0 spiro atoms. The molecule has 0 bridgehead atoms. The monoisotopic (exact) mass is 383 g/mol. The summed E-state index contributed by atoms with van der Waals surface area (Å²) >= 11 is 1.54. The molecule has 2 heterocycles. The molecule has 1 aliphatic carbocycles. The number of carbonyl (C=O) groups excluding carboxylic acids is 1. The van der Waals surface area contributed by atoms with E-state index in [9.17, 15) is 4.79 Å². The van der Waals surface area contributed by atoms with Crippen LogP contribution in [-0.4, -0.2) is 41.3 Å². The molecule has 0 aliphatic heterocycles. The fourth-order valence-electron chi connectivity index (χ4n) is 3.25. The van der Waals surface area contributed by atoms with Crippen LogP contribution in [0.2, 0.25) is 0 Å². The largest absolute Gasteiger partial charge is 0.418 e. The Balaban J connectivity index is 1.54. The highest BCUT2D eigenvalue weighted by atomic mass is 32.1. The van der Waals surface area contributed by atoms with Crippen molar-refractivity contribution in [2.75, 3.05) is 20.3 Å². The van der Waals surface area contributed by atoms with Crippen molar-refractivity contribution in [2.45, 2.75) is 24.8 Å². The molecular formula is C20H21N3O3S. The lowest BCUT2D eigenvalue weighted by Gasteiger charge is -2.26. The van der Waals surface area contributed by atoms with E-state index in [2.05, 4.69) is 10.2 Å². The summed E-state index contributed by atoms with van der Waals surface area (Å²) in [5.41, 5.74) is 0.647. The molecule has 2 aromatic heterocycles. The van der Waals surface area contributed by atoms with Gasteiger partial charge in [-0.05, 0) is 29.9 Å². The third kappa shape index (κ3) is 3.65. The van der Waals surface area contributed by atoms with Crippen LogP contribution in [0.3, 0.4) is 0 Å². The summed E-state index contributed by atoms with van der Waals surface area (Å²) in [4.78, 5) is 16.1. The number of methoxy groups -OCH3 is 1. The number of hydrogen-bond acceptors (Lipinski definition) is 6. The van der Waals surface area contributed by atoms with Gasteiger partial charge in [0, 0.05) is 13.7 Å². The van der Waals surface area contributed by atoms with E-state index in [4.69, 9.17) is 9.15 Å². The molecule has 0 radical (unpaired) electrons. The van der Waals surface area contributed by atoms with Gasteiger partial charge in [-0.2, -0.15) is 0 Å². The van der Waals surface area contributed by atoms with Crippen LogP contribution in [0.4, 0.5) is 0 Å². The number of hydrogen-bond donors (Lipinski definition) is 0. The fraction of sp³-hybridized carbons (Fsp3) is 0.350. The smallest absolute Gasteiger partial charge is 0.257 e. The lowest BCUT2D eigenvalue weighted by Crippen LogP contribution is -2.40. The van der Waals surface area contributed by atoms with Crippen LogP contribution < -0.4 is 0 Å². The molecule has 0 N–H and O–H groups in total. The van der Waals surface area contributed by atoms with Crippen molar-refractivity contribution < 1.29 is 13.9 Å². The van der Waals surface area contributed by atoms with Crippen molar-refractivity contribution >= 4 is 17.2 Å². The van der Waals surface area contributed by atoms with Crippen LogP contribution in [0.25, 0.3) is 10.8 Å². The number of amides is 1. The third-order valence-electron chi connectivity index (χ3n) is 4.86. The van der Waals surface area contributed by atoms with E-state index in [1.807, 2.05) is 47.8 Å². The Labute approximate surface area is 161 Å². The van der Waals surface area contributed by atoms with Crippen molar-refractivity contribution in [3.05, 3.63) is 59.3 Å². The summed E-state index contributed by atoms with van der Waals surface area (Å²) in [5, 5.41) is 10.2. The number of carbonyl (C=O) groups is 1. The first kappa shape index (κ1) is 17.9. The molecule has 6 nitrogen and oxygen atoms in total. The Kier molecular flexibility index (Phi) is 5.05. The molecule has 0 unspecified atom stereocenters. The van der Waals surface area contributed by atoms with Crippen LogP contribution >= 0.6 is 11.3 Å². The average Bonchev–Trinajstić information content (AvgIpc) is 3.10. The molecule has 4 rings (SSSR count). The fourth-order valence-corrected chi connectivity index (χ4v) is 3.89. The van der Waals surface area contributed by atoms with Gasteiger partial charge in [-0.3, -0.25) is 4.79 Å². The predicted molar refractivity (Wildman–Crippen MR) is 102 cm³/mol. The summed E-state index contributed by atoms with van der Waals surface area (Å²) in [6, 6.07) is 13.9. The summed E-state index contributed by atoms with van der Waals surface area (Å²) < 4.78 is 11.0. The predicted octanol–water partition coefficient (Wildman–Crippen LogP) is 3.50. The summed E-state index contributed by atoms with van der Waals surface area (Å²) in [7, 11) is 1.63. The van der Waals surface area contributed by atoms with E-state index in [0.29, 0.717) is 24.9 Å². The van der Waals surface area contributed by atoms with Crippen LogP contribution in [-0.2, 0) is 21.5 Å². The number of rotatable bonds is 8. The second-order valence-corrected chi connectivity index (χ2v) is 7.59. The molecule has 1 fully saturated rings. The van der Waals surface area contributed by atoms with Crippen molar-refractivity contribution in [1.82, 2.24) is 15.1 Å². The first-order valence-electron chi connectivity index (χ1n) is 8.93. The maximum absolute atomic E-state index is 13.4. The van der Waals surface area contributed by atoms with Gasteiger partial charge in [0.05, 0.1) is 23.4 Å². The number of aromatic nitrogens is 2. The number of nitrogens with zero attached hydrogens (tertiary/aromatic N) is 3. The molecule has 1 saturated carbocycles. The van der Waals surface area contributed by atoms with Crippen molar-refractivity contribution in [3.63, 3.8) is 0 Å². The maximum Gasteiger partial charge on any atom is 0.257 e. The number of ether oxygens (including phenoxy) is 1. The van der Waals surface area contributed by atoms with Gasteiger partial charge in [-0.25, -0.2) is 0 Å². The molecule has 7 heteroatoms. The van der Waals surface area contributed by atoms with E-state index >= 15 is 0 Å². The van der Waals surface area contributed by atoms with Gasteiger partial charge in [0.1, 0.15) is 0 Å². The van der Waals surface area contributed by atoms with Gasteiger partial charge in [0.15, 0.2) is 0 Å². The quantitative estimate of drug-likeness (QED) is 0.595. The van der Waals surface area contributed by atoms with Crippen LogP contribution in [0.1, 0.15) is 24.3 Å². The zero-order chi connectivity index (χ0) is 18.7. The SMILES string of the molecule is COCCN(Cc1nnc(-c2cccs2)o1)C(=O)C1(c2ccccc2)CC1. The molecular weight excluding hydrogens is 362 g/mol. The summed E-state index contributed by atoms with van der Waals surface area (Å²) in [6.07, 6.45) is 1.73. The standard InChI is InChI=1S/C20H21N3O3S/c1-25-12-11-23(14-17-21-22-18(26-17)16-8-5-13-27-16)19(24)20(9-10-20)15-6-3-2-4-7-15/h2-8,13H,9-12,14H2,1H3. The second-order valence-electron chi connectivity index (χ2n) is 6.65. The first-order chi connectivity index (χ1) is 13.2. The van der Waals surface area contributed by atoms with Crippen molar-refractivity contribution in [3.8, 4) is 10.8 Å².